The largest absolute Gasteiger partial charge is 0.508 e. The van der Waals surface area contributed by atoms with Crippen molar-refractivity contribution >= 4 is 21.4 Å². The minimum absolute atomic E-state index is 0.139. The van der Waals surface area contributed by atoms with E-state index >= 15 is 0 Å². The van der Waals surface area contributed by atoms with Crippen LogP contribution in [0.3, 0.4) is 0 Å². The van der Waals surface area contributed by atoms with Crippen molar-refractivity contribution in [3.05, 3.63) is 53.4 Å². The summed E-state index contributed by atoms with van der Waals surface area (Å²) in [6.07, 6.45) is 0. The van der Waals surface area contributed by atoms with Gasteiger partial charge in [-0.2, -0.15) is 0 Å². The van der Waals surface area contributed by atoms with Crippen molar-refractivity contribution in [3.63, 3.8) is 0 Å². The number of rotatable bonds is 3. The van der Waals surface area contributed by atoms with Crippen LogP contribution < -0.4 is 4.74 Å². The summed E-state index contributed by atoms with van der Waals surface area (Å²) < 4.78 is 6.64. The highest BCUT2D eigenvalue weighted by atomic mass is 32.1. The average Bonchev–Trinajstić information content (AvgIpc) is 2.80. The number of thiophene rings is 1. The molecule has 19 heavy (non-hydrogen) atoms. The number of benzene rings is 2. The van der Waals surface area contributed by atoms with Gasteiger partial charge in [0.25, 0.3) is 0 Å². The number of para-hydroxylation sites is 2. The molecule has 0 radical (unpaired) electrons. The Hall–Kier alpha value is -2.20. The lowest BCUT2D eigenvalue weighted by Gasteiger charge is -2.07. The molecular weight excluding hydrogens is 260 g/mol. The van der Waals surface area contributed by atoms with Crippen molar-refractivity contribution in [2.24, 2.45) is 0 Å². The Bertz CT molecular complexity index is 718. The number of phenolic OH excluding ortho intramolecular Hbond substituents is 2. The van der Waals surface area contributed by atoms with Crippen molar-refractivity contribution < 1.29 is 14.9 Å². The zero-order valence-corrected chi connectivity index (χ0v) is 10.9. The van der Waals surface area contributed by atoms with Crippen molar-refractivity contribution in [1.82, 2.24) is 0 Å². The molecule has 4 heteroatoms. The maximum atomic E-state index is 9.63. The number of ether oxygens (including phenoxy) is 1. The van der Waals surface area contributed by atoms with Gasteiger partial charge in [0.2, 0.25) is 0 Å². The van der Waals surface area contributed by atoms with Gasteiger partial charge in [0.15, 0.2) is 11.5 Å². The quantitative estimate of drug-likeness (QED) is 0.760. The third-order valence-electron chi connectivity index (χ3n) is 2.89. The van der Waals surface area contributed by atoms with Gasteiger partial charge in [-0.25, -0.2) is 0 Å². The van der Waals surface area contributed by atoms with Crippen LogP contribution in [-0.2, 0) is 6.61 Å². The van der Waals surface area contributed by atoms with Crippen LogP contribution in [0.2, 0.25) is 0 Å². The van der Waals surface area contributed by atoms with E-state index in [9.17, 15) is 10.2 Å². The highest BCUT2D eigenvalue weighted by molar-refractivity contribution is 7.17. The molecule has 1 aromatic heterocycles. The molecule has 2 N–H and O–H groups in total. The van der Waals surface area contributed by atoms with E-state index in [-0.39, 0.29) is 11.5 Å². The Morgan fingerprint density at radius 2 is 1.89 bits per heavy atom. The van der Waals surface area contributed by atoms with Gasteiger partial charge in [0, 0.05) is 10.3 Å². The van der Waals surface area contributed by atoms with E-state index in [0.29, 0.717) is 12.4 Å². The lowest BCUT2D eigenvalue weighted by atomic mass is 10.2. The third kappa shape index (κ3) is 2.35. The summed E-state index contributed by atoms with van der Waals surface area (Å²) >= 11 is 1.56. The van der Waals surface area contributed by atoms with Crippen LogP contribution in [-0.4, -0.2) is 10.2 Å². The van der Waals surface area contributed by atoms with E-state index in [0.717, 1.165) is 15.6 Å². The molecule has 0 bridgehead atoms. The Morgan fingerprint density at radius 3 is 2.74 bits per heavy atom. The first-order valence-electron chi connectivity index (χ1n) is 5.84. The molecule has 3 aromatic rings. The molecule has 0 amide bonds. The Balaban J connectivity index is 1.84. The first-order chi connectivity index (χ1) is 9.24. The van der Waals surface area contributed by atoms with Crippen LogP contribution in [0, 0.1) is 0 Å². The summed E-state index contributed by atoms with van der Waals surface area (Å²) in [5.41, 5.74) is 1.04. The lowest BCUT2D eigenvalue weighted by molar-refractivity contribution is 0.290. The fourth-order valence-corrected chi connectivity index (χ4v) is 2.90. The fraction of sp³-hybridized carbons (Fsp3) is 0.0667. The Kier molecular flexibility index (Phi) is 3.01. The van der Waals surface area contributed by atoms with Gasteiger partial charge >= 0.3 is 0 Å². The van der Waals surface area contributed by atoms with Crippen LogP contribution >= 0.6 is 11.3 Å². The fourth-order valence-electron chi connectivity index (χ4n) is 1.92. The zero-order chi connectivity index (χ0) is 13.2. The standard InChI is InChI=1S/C15H12O3S/c16-11-5-6-12-10(9-19-15(12)7-11)8-18-14-4-2-1-3-13(14)17/h1-7,9,16-17H,8H2. The van der Waals surface area contributed by atoms with Crippen LogP contribution in [0.25, 0.3) is 10.1 Å². The number of hydrogen-bond acceptors (Lipinski definition) is 4. The third-order valence-corrected chi connectivity index (χ3v) is 3.88. The number of aromatic hydroxyl groups is 2. The SMILES string of the molecule is Oc1ccc2c(COc3ccccc3O)csc2c1. The maximum absolute atomic E-state index is 9.63. The number of phenols is 2. The molecule has 1 heterocycles. The molecule has 0 aliphatic heterocycles. The van der Waals surface area contributed by atoms with Gasteiger partial charge in [-0.05, 0) is 41.1 Å². The molecule has 96 valence electrons. The summed E-state index contributed by atoms with van der Waals surface area (Å²) in [7, 11) is 0. The van der Waals surface area contributed by atoms with Crippen LogP contribution in [0.15, 0.2) is 47.8 Å². The molecule has 2 aromatic carbocycles. The van der Waals surface area contributed by atoms with E-state index in [4.69, 9.17) is 4.74 Å². The van der Waals surface area contributed by atoms with Crippen molar-refractivity contribution in [2.45, 2.75) is 6.61 Å². The highest BCUT2D eigenvalue weighted by Crippen LogP contribution is 2.31. The molecule has 0 aliphatic rings. The Labute approximate surface area is 114 Å². The van der Waals surface area contributed by atoms with Crippen LogP contribution in [0.1, 0.15) is 5.56 Å². The first-order valence-corrected chi connectivity index (χ1v) is 6.72. The first kappa shape index (κ1) is 11.9. The zero-order valence-electron chi connectivity index (χ0n) is 10.0. The van der Waals surface area contributed by atoms with Crippen molar-refractivity contribution in [2.75, 3.05) is 0 Å². The van der Waals surface area contributed by atoms with Crippen LogP contribution in [0.4, 0.5) is 0 Å². The van der Waals surface area contributed by atoms with Gasteiger partial charge in [-0.15, -0.1) is 11.3 Å². The van der Waals surface area contributed by atoms with Crippen molar-refractivity contribution in [1.29, 1.82) is 0 Å². The molecule has 0 fully saturated rings. The second-order valence-corrected chi connectivity index (χ2v) is 5.11. The number of hydrogen-bond donors (Lipinski definition) is 2. The average molecular weight is 272 g/mol. The molecule has 3 rings (SSSR count). The summed E-state index contributed by atoms with van der Waals surface area (Å²) in [4.78, 5) is 0. The van der Waals surface area contributed by atoms with Gasteiger partial charge in [-0.3, -0.25) is 0 Å². The minimum atomic E-state index is 0.139. The van der Waals surface area contributed by atoms with Gasteiger partial charge in [0.05, 0.1) is 0 Å². The molecule has 0 saturated heterocycles. The van der Waals surface area contributed by atoms with E-state index in [1.807, 2.05) is 17.5 Å². The van der Waals surface area contributed by atoms with Gasteiger partial charge in [-0.1, -0.05) is 12.1 Å². The molecule has 0 unspecified atom stereocenters. The molecular formula is C15H12O3S. The summed E-state index contributed by atoms with van der Waals surface area (Å²) in [6, 6.07) is 12.2. The smallest absolute Gasteiger partial charge is 0.161 e. The number of fused-ring (bicyclic) bond motifs is 1. The molecule has 0 aliphatic carbocycles. The minimum Gasteiger partial charge on any atom is -0.508 e. The predicted octanol–water partition coefficient (Wildman–Crippen LogP) is 3.89. The predicted molar refractivity (Wildman–Crippen MR) is 75.9 cm³/mol. The maximum Gasteiger partial charge on any atom is 0.161 e. The van der Waals surface area contributed by atoms with E-state index in [2.05, 4.69) is 0 Å². The summed E-state index contributed by atoms with van der Waals surface area (Å²) in [5.74, 6) is 0.878. The lowest BCUT2D eigenvalue weighted by Crippen LogP contribution is -1.94. The monoisotopic (exact) mass is 272 g/mol. The van der Waals surface area contributed by atoms with Crippen LogP contribution in [0.5, 0.6) is 17.2 Å². The van der Waals surface area contributed by atoms with E-state index in [1.165, 1.54) is 0 Å². The van der Waals surface area contributed by atoms with E-state index in [1.54, 1.807) is 41.7 Å². The molecule has 0 atom stereocenters. The normalized spacial score (nSPS) is 10.7. The van der Waals surface area contributed by atoms with Gasteiger partial charge < -0.3 is 14.9 Å². The summed E-state index contributed by atoms with van der Waals surface area (Å²) in [6.45, 7) is 0.391. The topological polar surface area (TPSA) is 49.7 Å². The Morgan fingerprint density at radius 1 is 1.05 bits per heavy atom. The molecule has 0 spiro atoms. The molecule has 3 nitrogen and oxygen atoms in total. The second-order valence-electron chi connectivity index (χ2n) is 4.20. The van der Waals surface area contributed by atoms with E-state index < -0.39 is 0 Å². The van der Waals surface area contributed by atoms with Gasteiger partial charge in [0.1, 0.15) is 12.4 Å². The molecule has 0 saturated carbocycles. The second kappa shape index (κ2) is 4.82. The van der Waals surface area contributed by atoms with Crippen molar-refractivity contribution in [3.8, 4) is 17.2 Å². The highest BCUT2D eigenvalue weighted by Gasteiger charge is 2.07. The summed E-state index contributed by atoms with van der Waals surface area (Å²) in [5, 5.41) is 22.1.